The molecule has 0 aliphatic rings. The van der Waals surface area contributed by atoms with Gasteiger partial charge in [-0.15, -0.1) is 0 Å². The molecule has 0 radical (unpaired) electrons. The van der Waals surface area contributed by atoms with Gasteiger partial charge < -0.3 is 14.2 Å². The number of carbonyl (C=O) groups is 3. The van der Waals surface area contributed by atoms with Gasteiger partial charge >= 0.3 is 17.9 Å². The molecule has 60 heavy (non-hydrogen) atoms. The van der Waals surface area contributed by atoms with Crippen LogP contribution >= 0.6 is 0 Å². The number of rotatable bonds is 48. The Labute approximate surface area is 373 Å². The summed E-state index contributed by atoms with van der Waals surface area (Å²) < 4.78 is 16.8. The highest BCUT2D eigenvalue weighted by Gasteiger charge is 2.19. The molecule has 0 aliphatic heterocycles. The highest BCUT2D eigenvalue weighted by Crippen LogP contribution is 2.16. The van der Waals surface area contributed by atoms with Gasteiger partial charge in [0.05, 0.1) is 0 Å². The van der Waals surface area contributed by atoms with E-state index < -0.39 is 6.10 Å². The molecule has 0 rings (SSSR count). The number of unbranched alkanes of at least 4 members (excludes halogenated alkanes) is 33. The fourth-order valence-corrected chi connectivity index (χ4v) is 7.71. The lowest BCUT2D eigenvalue weighted by Gasteiger charge is -2.18. The second-order valence-corrected chi connectivity index (χ2v) is 17.8. The maximum atomic E-state index is 12.8. The van der Waals surface area contributed by atoms with Gasteiger partial charge in [0.2, 0.25) is 0 Å². The van der Waals surface area contributed by atoms with Gasteiger partial charge in [-0.2, -0.15) is 0 Å². The molecule has 0 aliphatic carbocycles. The lowest BCUT2D eigenvalue weighted by atomic mass is 10.0. The molecule has 0 aromatic rings. The summed E-state index contributed by atoms with van der Waals surface area (Å²) in [6.07, 6.45) is 55.8. The van der Waals surface area contributed by atoms with Crippen molar-refractivity contribution in [3.63, 3.8) is 0 Å². The topological polar surface area (TPSA) is 78.9 Å². The Morgan fingerprint density at radius 3 is 0.950 bits per heavy atom. The third-order valence-electron chi connectivity index (χ3n) is 11.7. The van der Waals surface area contributed by atoms with E-state index in [0.717, 1.165) is 70.6 Å². The number of allylic oxidation sites excluding steroid dienone is 4. The van der Waals surface area contributed by atoms with Crippen LogP contribution in [-0.4, -0.2) is 37.2 Å². The second kappa shape index (κ2) is 49.5. The number of hydrogen-bond acceptors (Lipinski definition) is 6. The zero-order chi connectivity index (χ0) is 43.7. The Bertz CT molecular complexity index is 973. The van der Waals surface area contributed by atoms with Crippen LogP contribution in [0.3, 0.4) is 0 Å². The molecule has 1 atom stereocenters. The fourth-order valence-electron chi connectivity index (χ4n) is 7.71. The molecule has 352 valence electrons. The molecular weight excluding hydrogens is 745 g/mol. The second-order valence-electron chi connectivity index (χ2n) is 17.8. The predicted octanol–water partition coefficient (Wildman–Crippen LogP) is 17.2. The van der Waals surface area contributed by atoms with E-state index >= 15 is 0 Å². The summed E-state index contributed by atoms with van der Waals surface area (Å²) >= 11 is 0. The van der Waals surface area contributed by atoms with Gasteiger partial charge in [-0.1, -0.05) is 238 Å². The van der Waals surface area contributed by atoms with Crippen LogP contribution in [0.4, 0.5) is 0 Å². The van der Waals surface area contributed by atoms with Gasteiger partial charge in [-0.25, -0.2) is 0 Å². The maximum Gasteiger partial charge on any atom is 0.306 e. The summed E-state index contributed by atoms with van der Waals surface area (Å²) in [6, 6.07) is 0. The van der Waals surface area contributed by atoms with E-state index in [1.54, 1.807) is 0 Å². The third kappa shape index (κ3) is 46.9. The van der Waals surface area contributed by atoms with E-state index in [4.69, 9.17) is 14.2 Å². The van der Waals surface area contributed by atoms with Crippen molar-refractivity contribution in [2.75, 3.05) is 13.2 Å². The molecule has 0 heterocycles. The molecule has 6 nitrogen and oxygen atoms in total. The average molecular weight is 845 g/mol. The summed E-state index contributed by atoms with van der Waals surface area (Å²) in [4.78, 5) is 37.9. The first-order valence-electron chi connectivity index (χ1n) is 26.3. The largest absolute Gasteiger partial charge is 0.462 e. The van der Waals surface area contributed by atoms with Crippen molar-refractivity contribution in [3.05, 3.63) is 24.3 Å². The first kappa shape index (κ1) is 57.9. The Hall–Kier alpha value is -2.11. The van der Waals surface area contributed by atoms with Crippen molar-refractivity contribution in [3.8, 4) is 0 Å². The Morgan fingerprint density at radius 1 is 0.333 bits per heavy atom. The van der Waals surface area contributed by atoms with Crippen LogP contribution in [0.15, 0.2) is 24.3 Å². The summed E-state index contributed by atoms with van der Waals surface area (Å²) in [6.45, 7) is 6.63. The summed E-state index contributed by atoms with van der Waals surface area (Å²) in [7, 11) is 0. The van der Waals surface area contributed by atoms with Crippen molar-refractivity contribution < 1.29 is 28.6 Å². The molecule has 0 aromatic carbocycles. The monoisotopic (exact) mass is 845 g/mol. The molecule has 0 unspecified atom stereocenters. The van der Waals surface area contributed by atoms with Crippen molar-refractivity contribution in [2.24, 2.45) is 0 Å². The van der Waals surface area contributed by atoms with Crippen molar-refractivity contribution in [2.45, 2.75) is 290 Å². The van der Waals surface area contributed by atoms with Crippen molar-refractivity contribution >= 4 is 17.9 Å². The molecule has 0 saturated carbocycles. The van der Waals surface area contributed by atoms with Crippen molar-refractivity contribution in [1.82, 2.24) is 0 Å². The van der Waals surface area contributed by atoms with Gasteiger partial charge in [-0.05, 0) is 51.4 Å². The zero-order valence-corrected chi connectivity index (χ0v) is 40.2. The number of carbonyl (C=O) groups excluding carboxylic acids is 3. The van der Waals surface area contributed by atoms with Crippen LogP contribution in [0.25, 0.3) is 0 Å². The Balaban J connectivity index is 4.33. The van der Waals surface area contributed by atoms with Gasteiger partial charge in [0.25, 0.3) is 0 Å². The van der Waals surface area contributed by atoms with Crippen LogP contribution in [0.1, 0.15) is 284 Å². The lowest BCUT2D eigenvalue weighted by molar-refractivity contribution is -0.167. The van der Waals surface area contributed by atoms with E-state index in [-0.39, 0.29) is 31.1 Å². The molecule has 6 heteroatoms. The molecular formula is C54H100O6. The number of hydrogen-bond donors (Lipinski definition) is 0. The van der Waals surface area contributed by atoms with Crippen LogP contribution in [-0.2, 0) is 28.6 Å². The molecule has 0 saturated heterocycles. The first-order valence-corrected chi connectivity index (χ1v) is 26.3. The van der Waals surface area contributed by atoms with Crippen molar-refractivity contribution in [1.29, 1.82) is 0 Å². The number of esters is 3. The fraction of sp³-hybridized carbons (Fsp3) is 0.870. The van der Waals surface area contributed by atoms with Gasteiger partial charge in [0.1, 0.15) is 13.2 Å². The Kier molecular flexibility index (Phi) is 47.8. The molecule has 0 amide bonds. The van der Waals surface area contributed by atoms with Crippen LogP contribution in [0.5, 0.6) is 0 Å². The minimum Gasteiger partial charge on any atom is -0.462 e. The molecule has 0 spiro atoms. The van der Waals surface area contributed by atoms with Gasteiger partial charge in [-0.3, -0.25) is 14.4 Å². The minimum atomic E-state index is -0.767. The van der Waals surface area contributed by atoms with Crippen LogP contribution < -0.4 is 0 Å². The Morgan fingerprint density at radius 2 is 0.600 bits per heavy atom. The minimum absolute atomic E-state index is 0.0688. The summed E-state index contributed by atoms with van der Waals surface area (Å²) in [5, 5.41) is 0. The molecule has 0 N–H and O–H groups in total. The van der Waals surface area contributed by atoms with Crippen LogP contribution in [0, 0.1) is 0 Å². The molecule has 0 bridgehead atoms. The quantitative estimate of drug-likeness (QED) is 0.0263. The smallest absolute Gasteiger partial charge is 0.306 e. The molecule has 0 aromatic heterocycles. The summed E-state index contributed by atoms with van der Waals surface area (Å²) in [5.74, 6) is -0.862. The SMILES string of the molecule is CCCCC/C=C\C/C=C\CCCCCCCCCC(=O)OC[C@H](COC(=O)CCCCCCCCCCCCCC)OC(=O)CCCCCCCCCCCCCCC. The van der Waals surface area contributed by atoms with Gasteiger partial charge in [0, 0.05) is 19.3 Å². The maximum absolute atomic E-state index is 12.8. The summed E-state index contributed by atoms with van der Waals surface area (Å²) in [5.41, 5.74) is 0. The first-order chi connectivity index (χ1) is 29.5. The predicted molar refractivity (Wildman–Crippen MR) is 256 cm³/mol. The normalized spacial score (nSPS) is 12.1. The molecule has 0 fully saturated rings. The standard InChI is InChI=1S/C54H100O6/c1-4-7-10-13-16-19-22-25-26-27-28-30-32-35-38-41-44-47-53(56)59-50-51(49-58-52(55)46-43-40-37-34-31-24-21-18-15-12-9-6-3)60-54(57)48-45-42-39-36-33-29-23-20-17-14-11-8-5-2/h16,19,25-26,51H,4-15,17-18,20-24,27-50H2,1-3H3/b19-16-,26-25-/t51-/m0/s1. The highest BCUT2D eigenvalue weighted by atomic mass is 16.6. The third-order valence-corrected chi connectivity index (χ3v) is 11.7. The van der Waals surface area contributed by atoms with E-state index in [1.807, 2.05) is 0 Å². The lowest BCUT2D eigenvalue weighted by Crippen LogP contribution is -2.30. The van der Waals surface area contributed by atoms with E-state index in [1.165, 1.54) is 173 Å². The zero-order valence-electron chi connectivity index (χ0n) is 40.2. The van der Waals surface area contributed by atoms with E-state index in [0.29, 0.717) is 19.3 Å². The van der Waals surface area contributed by atoms with Crippen LogP contribution in [0.2, 0.25) is 0 Å². The van der Waals surface area contributed by atoms with E-state index in [2.05, 4.69) is 45.1 Å². The average Bonchev–Trinajstić information content (AvgIpc) is 3.24. The van der Waals surface area contributed by atoms with E-state index in [9.17, 15) is 14.4 Å². The van der Waals surface area contributed by atoms with Gasteiger partial charge in [0.15, 0.2) is 6.10 Å². The highest BCUT2D eigenvalue weighted by molar-refractivity contribution is 5.71. The number of ether oxygens (including phenoxy) is 3.